The molecule has 2 aromatic carbocycles. The summed E-state index contributed by atoms with van der Waals surface area (Å²) in [6.45, 7) is 3.32. The van der Waals surface area contributed by atoms with Crippen molar-refractivity contribution in [2.24, 2.45) is 0 Å². The Morgan fingerprint density at radius 2 is 1.70 bits per heavy atom. The van der Waals surface area contributed by atoms with Gasteiger partial charge in [0.05, 0.1) is 6.61 Å². The third-order valence-corrected chi connectivity index (χ3v) is 7.28. The summed E-state index contributed by atoms with van der Waals surface area (Å²) in [5, 5.41) is 0. The topological polar surface area (TPSA) is 29.5 Å². The van der Waals surface area contributed by atoms with Gasteiger partial charge in [-0.1, -0.05) is 48.5 Å². The Morgan fingerprint density at radius 1 is 1.04 bits per heavy atom. The van der Waals surface area contributed by atoms with Gasteiger partial charge in [0.2, 0.25) is 7.37 Å². The number of para-hydroxylation sites is 1. The lowest BCUT2D eigenvalue weighted by Crippen LogP contribution is -2.29. The van der Waals surface area contributed by atoms with Crippen molar-refractivity contribution >= 4 is 13.1 Å². The van der Waals surface area contributed by atoms with E-state index in [1.807, 2.05) is 43.3 Å². The van der Waals surface area contributed by atoms with Crippen LogP contribution >= 0.6 is 7.37 Å². The lowest BCUT2D eigenvalue weighted by atomic mass is 10.1. The summed E-state index contributed by atoms with van der Waals surface area (Å²) < 4.78 is 19.6. The van der Waals surface area contributed by atoms with Crippen LogP contribution in [-0.4, -0.2) is 19.3 Å². The molecule has 0 amide bonds. The molecule has 3 nitrogen and oxygen atoms in total. The maximum absolute atomic E-state index is 13.7. The Kier molecular flexibility index (Phi) is 5.20. The lowest BCUT2D eigenvalue weighted by molar-refractivity contribution is 0.325. The molecule has 2 aromatic rings. The molecule has 0 aromatic heterocycles. The van der Waals surface area contributed by atoms with Gasteiger partial charge in [0.25, 0.3) is 0 Å². The van der Waals surface area contributed by atoms with E-state index in [-0.39, 0.29) is 5.78 Å². The minimum Gasteiger partial charge on any atom is -0.356 e. The highest BCUT2D eigenvalue weighted by molar-refractivity contribution is 7.59. The molecule has 0 bridgehead atoms. The van der Waals surface area contributed by atoms with Crippen molar-refractivity contribution < 1.29 is 9.09 Å². The first-order valence-corrected chi connectivity index (χ1v) is 10.2. The van der Waals surface area contributed by atoms with Gasteiger partial charge in [-0.3, -0.25) is 4.57 Å². The molecule has 0 radical (unpaired) electrons. The molecule has 122 valence electrons. The molecule has 23 heavy (non-hydrogen) atoms. The van der Waals surface area contributed by atoms with E-state index in [1.54, 1.807) is 0 Å². The van der Waals surface area contributed by atoms with E-state index in [4.69, 9.17) is 4.52 Å². The summed E-state index contributed by atoms with van der Waals surface area (Å²) in [5.74, 6) is -0.200. The first kappa shape index (κ1) is 16.3. The second-order valence-corrected chi connectivity index (χ2v) is 8.53. The van der Waals surface area contributed by atoms with E-state index in [1.165, 1.54) is 0 Å². The molecule has 1 saturated heterocycles. The Hall–Kier alpha value is -1.57. The van der Waals surface area contributed by atoms with E-state index in [0.717, 1.165) is 30.6 Å². The smallest absolute Gasteiger partial charge is 0.229 e. The zero-order valence-electron chi connectivity index (χ0n) is 13.6. The molecule has 4 heteroatoms. The maximum Gasteiger partial charge on any atom is 0.229 e. The highest BCUT2D eigenvalue weighted by Crippen LogP contribution is 2.63. The average Bonchev–Trinajstić information content (AvgIpc) is 2.76. The summed E-state index contributed by atoms with van der Waals surface area (Å²) in [5.41, 5.74) is 2.19. The molecule has 2 unspecified atom stereocenters. The van der Waals surface area contributed by atoms with Crippen LogP contribution < -0.4 is 4.90 Å². The highest BCUT2D eigenvalue weighted by Gasteiger charge is 2.41. The van der Waals surface area contributed by atoms with E-state index < -0.39 is 7.37 Å². The van der Waals surface area contributed by atoms with Crippen LogP contribution in [0.25, 0.3) is 0 Å². The SMILES string of the molecule is CCOP1(=O)CCCCN(c2ccccc2)C1c1ccccc1. The fraction of sp³-hybridized carbons (Fsp3) is 0.368. The van der Waals surface area contributed by atoms with Crippen LogP contribution in [0, 0.1) is 0 Å². The molecule has 1 heterocycles. The fourth-order valence-electron chi connectivity index (χ4n) is 3.35. The van der Waals surface area contributed by atoms with Crippen molar-refractivity contribution in [2.45, 2.75) is 25.5 Å². The minimum atomic E-state index is -2.78. The molecule has 3 rings (SSSR count). The van der Waals surface area contributed by atoms with E-state index >= 15 is 0 Å². The predicted octanol–water partition coefficient (Wildman–Crippen LogP) is 5.30. The van der Waals surface area contributed by atoms with Gasteiger partial charge in [-0.25, -0.2) is 0 Å². The van der Waals surface area contributed by atoms with Gasteiger partial charge < -0.3 is 9.42 Å². The number of hydrogen-bond acceptors (Lipinski definition) is 3. The molecular formula is C19H24NO2P. The number of benzene rings is 2. The average molecular weight is 329 g/mol. The number of nitrogens with zero attached hydrogens (tertiary/aromatic N) is 1. The summed E-state index contributed by atoms with van der Waals surface area (Å²) in [4.78, 5) is 2.28. The Morgan fingerprint density at radius 3 is 2.35 bits per heavy atom. The van der Waals surface area contributed by atoms with Crippen LogP contribution in [0.15, 0.2) is 60.7 Å². The maximum atomic E-state index is 13.7. The molecule has 0 spiro atoms. The Labute approximate surface area is 138 Å². The second kappa shape index (κ2) is 7.33. The van der Waals surface area contributed by atoms with Crippen LogP contribution in [0.5, 0.6) is 0 Å². The monoisotopic (exact) mass is 329 g/mol. The quantitative estimate of drug-likeness (QED) is 0.713. The third kappa shape index (κ3) is 3.52. The standard InChI is InChI=1S/C19H24NO2P/c1-2-22-23(21)16-10-9-15-20(18-13-7-4-8-14-18)19(23)17-11-5-3-6-12-17/h3-8,11-14,19H,2,9-10,15-16H2,1H3. The molecule has 1 aliphatic heterocycles. The Bertz CT molecular complexity index is 660. The minimum absolute atomic E-state index is 0.200. The third-order valence-electron chi connectivity index (χ3n) is 4.32. The van der Waals surface area contributed by atoms with Crippen molar-refractivity contribution in [3.8, 4) is 0 Å². The van der Waals surface area contributed by atoms with Gasteiger partial charge in [-0.05, 0) is 37.5 Å². The molecule has 2 atom stereocenters. The molecule has 0 saturated carbocycles. The van der Waals surface area contributed by atoms with Crippen molar-refractivity contribution in [1.29, 1.82) is 0 Å². The second-order valence-electron chi connectivity index (χ2n) is 5.89. The van der Waals surface area contributed by atoms with Gasteiger partial charge in [0.1, 0.15) is 5.78 Å². The van der Waals surface area contributed by atoms with Crippen LogP contribution in [0.4, 0.5) is 5.69 Å². The zero-order valence-corrected chi connectivity index (χ0v) is 14.5. The first-order valence-electron chi connectivity index (χ1n) is 8.34. The number of rotatable bonds is 4. The summed E-state index contributed by atoms with van der Waals surface area (Å²) in [6.07, 6.45) is 2.64. The number of hydrogen-bond donors (Lipinski definition) is 0. The van der Waals surface area contributed by atoms with Crippen molar-refractivity contribution in [2.75, 3.05) is 24.2 Å². The van der Waals surface area contributed by atoms with Gasteiger partial charge >= 0.3 is 0 Å². The largest absolute Gasteiger partial charge is 0.356 e. The Balaban J connectivity index is 2.10. The van der Waals surface area contributed by atoms with Crippen molar-refractivity contribution in [3.05, 3.63) is 66.2 Å². The van der Waals surface area contributed by atoms with E-state index in [2.05, 4.69) is 29.2 Å². The fourth-order valence-corrected chi connectivity index (χ4v) is 6.26. The molecular weight excluding hydrogens is 305 g/mol. The predicted molar refractivity (Wildman–Crippen MR) is 96.3 cm³/mol. The molecule has 1 aliphatic rings. The highest BCUT2D eigenvalue weighted by atomic mass is 31.2. The van der Waals surface area contributed by atoms with Crippen LogP contribution in [0.2, 0.25) is 0 Å². The number of anilines is 1. The molecule has 0 N–H and O–H groups in total. The summed E-state index contributed by atoms with van der Waals surface area (Å²) >= 11 is 0. The van der Waals surface area contributed by atoms with E-state index in [0.29, 0.717) is 12.8 Å². The normalized spacial score (nSPS) is 25.1. The van der Waals surface area contributed by atoms with Crippen molar-refractivity contribution in [3.63, 3.8) is 0 Å². The van der Waals surface area contributed by atoms with Crippen molar-refractivity contribution in [1.82, 2.24) is 0 Å². The molecule has 1 fully saturated rings. The van der Waals surface area contributed by atoms with Crippen LogP contribution in [0.3, 0.4) is 0 Å². The van der Waals surface area contributed by atoms with Gasteiger partial charge in [-0.2, -0.15) is 0 Å². The summed E-state index contributed by atoms with van der Waals surface area (Å²) in [6, 6.07) is 20.4. The van der Waals surface area contributed by atoms with E-state index in [9.17, 15) is 4.57 Å². The first-order chi connectivity index (χ1) is 11.2. The summed E-state index contributed by atoms with van der Waals surface area (Å²) in [7, 11) is -2.78. The van der Waals surface area contributed by atoms with Gasteiger partial charge in [0, 0.05) is 18.4 Å². The van der Waals surface area contributed by atoms with Gasteiger partial charge in [-0.15, -0.1) is 0 Å². The van der Waals surface area contributed by atoms with Crippen LogP contribution in [-0.2, 0) is 9.09 Å². The van der Waals surface area contributed by atoms with Crippen LogP contribution in [0.1, 0.15) is 31.1 Å². The molecule has 0 aliphatic carbocycles. The van der Waals surface area contributed by atoms with Gasteiger partial charge in [0.15, 0.2) is 0 Å². The lowest BCUT2D eigenvalue weighted by Gasteiger charge is -2.36. The zero-order chi connectivity index (χ0) is 16.1.